The summed E-state index contributed by atoms with van der Waals surface area (Å²) in [6, 6.07) is 22.4. The molecule has 0 fully saturated rings. The lowest BCUT2D eigenvalue weighted by atomic mass is 10.3. The summed E-state index contributed by atoms with van der Waals surface area (Å²) in [6.45, 7) is 3.83. The Kier molecular flexibility index (Phi) is 5.33. The van der Waals surface area contributed by atoms with Crippen LogP contribution in [0.5, 0.6) is 0 Å². The van der Waals surface area contributed by atoms with Gasteiger partial charge in [-0.3, -0.25) is 0 Å². The zero-order valence-corrected chi connectivity index (χ0v) is 13.1. The fourth-order valence-corrected chi connectivity index (χ4v) is 6.45. The van der Waals surface area contributed by atoms with Gasteiger partial charge in [0.2, 0.25) is 0 Å². The summed E-state index contributed by atoms with van der Waals surface area (Å²) in [5.74, 6) is 0. The van der Waals surface area contributed by atoms with Gasteiger partial charge in [0.05, 0.1) is 0 Å². The monoisotopic (exact) mass is 282 g/mol. The number of hydrogen-bond acceptors (Lipinski definition) is 1. The molecule has 0 saturated carbocycles. The predicted molar refractivity (Wildman–Crippen MR) is 89.2 cm³/mol. The first-order valence-electron chi connectivity index (χ1n) is 7.10. The van der Waals surface area contributed by atoms with Crippen molar-refractivity contribution in [3.8, 4) is 0 Å². The van der Waals surface area contributed by atoms with Crippen molar-refractivity contribution in [1.82, 2.24) is 0 Å². The normalized spacial score (nSPS) is 11.2. The Labute approximate surface area is 123 Å². The second-order valence-corrected chi connectivity index (χ2v) is 8.66. The molecule has 0 atom stereocenters. The molecule has 0 aromatic heterocycles. The fraction of sp³-hybridized carbons (Fsp3) is 0.222. The molecule has 0 amide bonds. The summed E-state index contributed by atoms with van der Waals surface area (Å²) in [5, 5.41) is 2.69. The van der Waals surface area contributed by atoms with Gasteiger partial charge in [-0.1, -0.05) is 66.7 Å². The molecule has 0 saturated heterocycles. The summed E-state index contributed by atoms with van der Waals surface area (Å²) in [4.78, 5) is 0. The molecule has 2 rings (SSSR count). The highest BCUT2D eigenvalue weighted by atomic mass is 28.4. The smallest absolute Gasteiger partial charge is 0.255 e. The Morgan fingerprint density at radius 2 is 1.45 bits per heavy atom. The average Bonchev–Trinajstić information content (AvgIpc) is 2.54. The van der Waals surface area contributed by atoms with Crippen molar-refractivity contribution in [3.05, 3.63) is 73.3 Å². The molecule has 2 heteroatoms. The van der Waals surface area contributed by atoms with Crippen LogP contribution in [0.4, 0.5) is 0 Å². The van der Waals surface area contributed by atoms with E-state index in [1.165, 1.54) is 10.4 Å². The molecule has 0 bridgehead atoms. The Morgan fingerprint density at radius 1 is 0.950 bits per heavy atom. The van der Waals surface area contributed by atoms with E-state index in [0.29, 0.717) is 0 Å². The van der Waals surface area contributed by atoms with Crippen LogP contribution in [0.25, 0.3) is 0 Å². The van der Waals surface area contributed by atoms with E-state index in [1.54, 1.807) is 0 Å². The van der Waals surface area contributed by atoms with E-state index in [4.69, 9.17) is 4.43 Å². The molecule has 0 heterocycles. The second-order valence-electron chi connectivity index (χ2n) is 4.94. The molecule has 20 heavy (non-hydrogen) atoms. The maximum Gasteiger partial charge on any atom is 0.255 e. The lowest BCUT2D eigenvalue weighted by Crippen LogP contribution is -2.60. The zero-order valence-electron chi connectivity index (χ0n) is 12.1. The minimum absolute atomic E-state index is 1.04. The van der Waals surface area contributed by atoms with Gasteiger partial charge in [0.15, 0.2) is 0 Å². The molecule has 2 aromatic rings. The van der Waals surface area contributed by atoms with Crippen molar-refractivity contribution in [2.24, 2.45) is 0 Å². The van der Waals surface area contributed by atoms with Gasteiger partial charge in [-0.05, 0) is 29.3 Å². The van der Waals surface area contributed by atoms with Crippen LogP contribution >= 0.6 is 0 Å². The minimum atomic E-state index is -2.11. The fourth-order valence-electron chi connectivity index (χ4n) is 2.70. The molecule has 0 aliphatic rings. The van der Waals surface area contributed by atoms with Gasteiger partial charge in [0.1, 0.15) is 0 Å². The first-order valence-corrected chi connectivity index (χ1v) is 9.22. The van der Waals surface area contributed by atoms with Crippen molar-refractivity contribution >= 4 is 18.7 Å². The van der Waals surface area contributed by atoms with Gasteiger partial charge in [-0.25, -0.2) is 0 Å². The Hall–Kier alpha value is -1.64. The molecule has 0 radical (unpaired) electrons. The molecule has 0 aliphatic carbocycles. The summed E-state index contributed by atoms with van der Waals surface area (Å²) in [5.41, 5.74) is 0. The van der Waals surface area contributed by atoms with E-state index in [9.17, 15) is 0 Å². The Morgan fingerprint density at radius 3 is 1.85 bits per heavy atom. The van der Waals surface area contributed by atoms with Crippen molar-refractivity contribution in [2.75, 3.05) is 7.11 Å². The van der Waals surface area contributed by atoms with E-state index >= 15 is 0 Å². The molecule has 0 unspecified atom stereocenters. The topological polar surface area (TPSA) is 9.23 Å². The quantitative estimate of drug-likeness (QED) is 0.430. The van der Waals surface area contributed by atoms with Crippen molar-refractivity contribution < 1.29 is 4.43 Å². The van der Waals surface area contributed by atoms with Crippen LogP contribution < -0.4 is 10.4 Å². The van der Waals surface area contributed by atoms with Crippen molar-refractivity contribution in [1.29, 1.82) is 0 Å². The van der Waals surface area contributed by atoms with E-state index in [2.05, 4.69) is 67.2 Å². The van der Waals surface area contributed by atoms with Crippen LogP contribution in [-0.4, -0.2) is 15.4 Å². The standard InChI is InChI=1S/C18H22OSi/c1-3-4-11-16-20(19-2,17-12-7-5-8-13-17)18-14-9-6-10-15-18/h3,5-10,12-15H,1,4,11,16H2,2H3. The summed E-state index contributed by atoms with van der Waals surface area (Å²) < 4.78 is 6.16. The van der Waals surface area contributed by atoms with Crippen molar-refractivity contribution in [2.45, 2.75) is 18.9 Å². The molecule has 0 N–H and O–H groups in total. The van der Waals surface area contributed by atoms with Gasteiger partial charge in [-0.2, -0.15) is 0 Å². The van der Waals surface area contributed by atoms with Crippen LogP contribution in [0.2, 0.25) is 6.04 Å². The predicted octanol–water partition coefficient (Wildman–Crippen LogP) is 3.36. The summed E-state index contributed by atoms with van der Waals surface area (Å²) in [7, 11) is -0.245. The van der Waals surface area contributed by atoms with E-state index < -0.39 is 8.32 Å². The summed E-state index contributed by atoms with van der Waals surface area (Å²) in [6.07, 6.45) is 4.15. The van der Waals surface area contributed by atoms with Gasteiger partial charge in [0.25, 0.3) is 8.32 Å². The lowest BCUT2D eigenvalue weighted by molar-refractivity contribution is 0.413. The van der Waals surface area contributed by atoms with Crippen molar-refractivity contribution in [3.63, 3.8) is 0 Å². The van der Waals surface area contributed by atoms with Crippen LogP contribution in [0.1, 0.15) is 12.8 Å². The third kappa shape index (κ3) is 3.09. The number of rotatable bonds is 7. The largest absolute Gasteiger partial charge is 0.411 e. The van der Waals surface area contributed by atoms with Gasteiger partial charge in [-0.15, -0.1) is 6.58 Å². The highest BCUT2D eigenvalue weighted by molar-refractivity contribution is 6.97. The zero-order chi connectivity index (χ0) is 14.3. The molecule has 2 aromatic carbocycles. The molecular formula is C18H22OSi. The Bertz CT molecular complexity index is 482. The third-order valence-electron chi connectivity index (χ3n) is 3.77. The molecule has 0 spiro atoms. The molecular weight excluding hydrogens is 260 g/mol. The highest BCUT2D eigenvalue weighted by Crippen LogP contribution is 2.16. The van der Waals surface area contributed by atoms with Crippen LogP contribution in [0, 0.1) is 0 Å². The van der Waals surface area contributed by atoms with Crippen LogP contribution in [-0.2, 0) is 4.43 Å². The van der Waals surface area contributed by atoms with E-state index in [0.717, 1.165) is 18.9 Å². The maximum atomic E-state index is 6.16. The lowest BCUT2D eigenvalue weighted by Gasteiger charge is -2.30. The first kappa shape index (κ1) is 14.8. The third-order valence-corrected chi connectivity index (χ3v) is 8.05. The number of unbranched alkanes of at least 4 members (excludes halogenated alkanes) is 1. The van der Waals surface area contributed by atoms with Crippen LogP contribution in [0.3, 0.4) is 0 Å². The summed E-state index contributed by atoms with van der Waals surface area (Å²) >= 11 is 0. The van der Waals surface area contributed by atoms with Gasteiger partial charge >= 0.3 is 0 Å². The SMILES string of the molecule is C=CCCC[Si](OC)(c1ccccc1)c1ccccc1. The minimum Gasteiger partial charge on any atom is -0.411 e. The van der Waals surface area contributed by atoms with Gasteiger partial charge in [0, 0.05) is 7.11 Å². The number of benzene rings is 2. The molecule has 1 nitrogen and oxygen atoms in total. The average molecular weight is 282 g/mol. The van der Waals surface area contributed by atoms with E-state index in [1.807, 2.05) is 13.2 Å². The Balaban J connectivity index is 2.43. The molecule has 0 aliphatic heterocycles. The van der Waals surface area contributed by atoms with Gasteiger partial charge < -0.3 is 4.43 Å². The molecule has 104 valence electrons. The maximum absolute atomic E-state index is 6.16. The highest BCUT2D eigenvalue weighted by Gasteiger charge is 2.37. The van der Waals surface area contributed by atoms with Crippen LogP contribution in [0.15, 0.2) is 73.3 Å². The number of hydrogen-bond donors (Lipinski definition) is 0. The van der Waals surface area contributed by atoms with E-state index in [-0.39, 0.29) is 0 Å². The first-order chi connectivity index (χ1) is 9.83. The number of allylic oxidation sites excluding steroid dienone is 1. The second kappa shape index (κ2) is 7.22.